The van der Waals surface area contributed by atoms with Gasteiger partial charge in [0, 0.05) is 26.8 Å². The zero-order valence-electron chi connectivity index (χ0n) is 15.6. The maximum Gasteiger partial charge on any atom is 0.323 e. The minimum Gasteiger partial charge on any atom is -0.383 e. The van der Waals surface area contributed by atoms with Crippen molar-refractivity contribution in [2.24, 2.45) is 0 Å². The molecule has 146 valence electrons. The molecule has 2 amide bonds. The molecular formula is C21H18ClN5OS. The molecule has 0 fully saturated rings. The van der Waals surface area contributed by atoms with Crippen LogP contribution in [0.25, 0.3) is 21.3 Å². The number of benzene rings is 2. The summed E-state index contributed by atoms with van der Waals surface area (Å²) in [4.78, 5) is 22.8. The number of aryl methyl sites for hydroxylation is 1. The highest BCUT2D eigenvalue weighted by atomic mass is 35.5. The molecule has 4 aromatic rings. The minimum absolute atomic E-state index is 0.326. The van der Waals surface area contributed by atoms with E-state index in [1.54, 1.807) is 35.6 Å². The van der Waals surface area contributed by atoms with E-state index in [4.69, 9.17) is 17.3 Å². The van der Waals surface area contributed by atoms with Gasteiger partial charge in [-0.3, -0.25) is 0 Å². The van der Waals surface area contributed by atoms with Crippen LogP contribution >= 0.6 is 22.9 Å². The lowest BCUT2D eigenvalue weighted by Gasteiger charge is -2.09. The number of urea groups is 1. The second-order valence-electron chi connectivity index (χ2n) is 6.36. The summed E-state index contributed by atoms with van der Waals surface area (Å²) in [6, 6.07) is 14.2. The van der Waals surface area contributed by atoms with Crippen LogP contribution in [0.15, 0.2) is 54.9 Å². The van der Waals surface area contributed by atoms with Gasteiger partial charge in [-0.25, -0.2) is 14.8 Å². The lowest BCUT2D eigenvalue weighted by Crippen LogP contribution is -2.19. The van der Waals surface area contributed by atoms with Gasteiger partial charge in [0.15, 0.2) is 0 Å². The molecule has 0 aliphatic heterocycles. The monoisotopic (exact) mass is 423 g/mol. The lowest BCUT2D eigenvalue weighted by atomic mass is 10.0. The molecule has 4 rings (SSSR count). The van der Waals surface area contributed by atoms with Crippen LogP contribution in [0, 0.1) is 0 Å². The Morgan fingerprint density at radius 1 is 1.03 bits per heavy atom. The third kappa shape index (κ3) is 4.01. The average molecular weight is 424 g/mol. The van der Waals surface area contributed by atoms with Crippen LogP contribution in [-0.2, 0) is 6.42 Å². The minimum atomic E-state index is -0.326. The molecule has 0 radical (unpaired) electrons. The van der Waals surface area contributed by atoms with E-state index < -0.39 is 0 Å². The van der Waals surface area contributed by atoms with Crippen molar-refractivity contribution in [1.29, 1.82) is 0 Å². The van der Waals surface area contributed by atoms with Crippen molar-refractivity contribution in [3.63, 3.8) is 0 Å². The van der Waals surface area contributed by atoms with E-state index in [2.05, 4.69) is 27.5 Å². The molecule has 0 saturated carbocycles. The van der Waals surface area contributed by atoms with Crippen LogP contribution < -0.4 is 16.4 Å². The molecule has 0 bridgehead atoms. The zero-order valence-corrected chi connectivity index (χ0v) is 17.1. The third-order valence-electron chi connectivity index (χ3n) is 4.45. The van der Waals surface area contributed by atoms with Gasteiger partial charge in [0.1, 0.15) is 17.0 Å². The van der Waals surface area contributed by atoms with Gasteiger partial charge in [0.05, 0.1) is 5.39 Å². The van der Waals surface area contributed by atoms with Crippen LogP contribution in [-0.4, -0.2) is 16.0 Å². The number of aromatic nitrogens is 2. The third-order valence-corrected chi connectivity index (χ3v) is 5.94. The fraction of sp³-hybridized carbons (Fsp3) is 0.0952. The Bertz CT molecular complexity index is 1170. The quantitative estimate of drug-likeness (QED) is 0.386. The number of halogens is 1. The Morgan fingerprint density at radius 3 is 2.28 bits per heavy atom. The molecule has 0 atom stereocenters. The first-order chi connectivity index (χ1) is 14.0. The molecule has 6 nitrogen and oxygen atoms in total. The maximum absolute atomic E-state index is 12.2. The molecule has 0 aliphatic carbocycles. The van der Waals surface area contributed by atoms with Crippen molar-refractivity contribution in [3.8, 4) is 11.1 Å². The topological polar surface area (TPSA) is 92.9 Å². The number of anilines is 3. The summed E-state index contributed by atoms with van der Waals surface area (Å²) in [5, 5.41) is 7.09. The van der Waals surface area contributed by atoms with Crippen molar-refractivity contribution in [3.05, 3.63) is 64.8 Å². The number of carbonyl (C=O) groups is 1. The van der Waals surface area contributed by atoms with Gasteiger partial charge in [-0.2, -0.15) is 0 Å². The van der Waals surface area contributed by atoms with Crippen LogP contribution in [0.4, 0.5) is 22.0 Å². The highest BCUT2D eigenvalue weighted by Gasteiger charge is 2.17. The first kappa shape index (κ1) is 19.2. The van der Waals surface area contributed by atoms with Crippen LogP contribution in [0.3, 0.4) is 0 Å². The summed E-state index contributed by atoms with van der Waals surface area (Å²) in [5.41, 5.74) is 9.54. The standard InChI is InChI=1S/C21H18ClN5OS/c1-2-16-17(18-19(23)24-11-25-20(18)29-16)12-3-7-14(8-4-12)26-21(28)27-15-9-5-13(22)6-10-15/h3-11H,2H2,1H3,(H2,23,24,25)(H2,26,27,28). The predicted octanol–water partition coefficient (Wildman–Crippen LogP) is 5.80. The lowest BCUT2D eigenvalue weighted by molar-refractivity contribution is 0.262. The van der Waals surface area contributed by atoms with Gasteiger partial charge < -0.3 is 16.4 Å². The molecule has 0 aliphatic rings. The maximum atomic E-state index is 12.2. The van der Waals surface area contributed by atoms with Crippen molar-refractivity contribution in [1.82, 2.24) is 9.97 Å². The SMILES string of the molecule is CCc1sc2ncnc(N)c2c1-c1ccc(NC(=O)Nc2ccc(Cl)cc2)cc1. The van der Waals surface area contributed by atoms with Crippen LogP contribution in [0.5, 0.6) is 0 Å². The van der Waals surface area contributed by atoms with Gasteiger partial charge in [0.25, 0.3) is 0 Å². The van der Waals surface area contributed by atoms with E-state index in [1.807, 2.05) is 24.3 Å². The summed E-state index contributed by atoms with van der Waals surface area (Å²) < 4.78 is 0. The summed E-state index contributed by atoms with van der Waals surface area (Å²) in [6.07, 6.45) is 2.36. The Labute approximate surface area is 176 Å². The molecular weight excluding hydrogens is 406 g/mol. The summed E-state index contributed by atoms with van der Waals surface area (Å²) in [7, 11) is 0. The van der Waals surface area contributed by atoms with E-state index in [0.29, 0.717) is 22.2 Å². The van der Waals surface area contributed by atoms with Gasteiger partial charge in [-0.15, -0.1) is 11.3 Å². The van der Waals surface area contributed by atoms with Gasteiger partial charge in [0.2, 0.25) is 0 Å². The van der Waals surface area contributed by atoms with Crippen LogP contribution in [0.1, 0.15) is 11.8 Å². The number of nitrogens with one attached hydrogen (secondary N) is 2. The molecule has 8 heteroatoms. The molecule has 2 aromatic carbocycles. The highest BCUT2D eigenvalue weighted by molar-refractivity contribution is 7.19. The average Bonchev–Trinajstić information content (AvgIpc) is 3.10. The predicted molar refractivity (Wildman–Crippen MR) is 121 cm³/mol. The fourth-order valence-electron chi connectivity index (χ4n) is 3.10. The number of rotatable bonds is 4. The normalized spacial score (nSPS) is 10.8. The first-order valence-electron chi connectivity index (χ1n) is 9.01. The number of thiophene rings is 1. The van der Waals surface area contributed by atoms with Crippen molar-refractivity contribution in [2.75, 3.05) is 16.4 Å². The molecule has 2 heterocycles. The van der Waals surface area contributed by atoms with Crippen LogP contribution in [0.2, 0.25) is 5.02 Å². The summed E-state index contributed by atoms with van der Waals surface area (Å²) in [5.74, 6) is 0.477. The molecule has 0 saturated heterocycles. The molecule has 0 unspecified atom stereocenters. The number of nitrogens with two attached hydrogens (primary N) is 1. The number of carbonyl (C=O) groups excluding carboxylic acids is 1. The van der Waals surface area contributed by atoms with Crippen molar-refractivity contribution in [2.45, 2.75) is 13.3 Å². The largest absolute Gasteiger partial charge is 0.383 e. The number of fused-ring (bicyclic) bond motifs is 1. The number of nitrogen functional groups attached to an aromatic ring is 1. The van der Waals surface area contributed by atoms with Crippen molar-refractivity contribution < 1.29 is 4.79 Å². The van der Waals surface area contributed by atoms with Gasteiger partial charge in [-0.1, -0.05) is 30.7 Å². The number of hydrogen-bond acceptors (Lipinski definition) is 5. The molecule has 0 spiro atoms. The smallest absolute Gasteiger partial charge is 0.323 e. The van der Waals surface area contributed by atoms with E-state index >= 15 is 0 Å². The van der Waals surface area contributed by atoms with E-state index in [-0.39, 0.29) is 6.03 Å². The molecule has 2 aromatic heterocycles. The second-order valence-corrected chi connectivity index (χ2v) is 7.88. The fourth-order valence-corrected chi connectivity index (χ4v) is 4.34. The van der Waals surface area contributed by atoms with Crippen molar-refractivity contribution >= 4 is 56.4 Å². The van der Waals surface area contributed by atoms with E-state index in [1.165, 1.54) is 11.2 Å². The summed E-state index contributed by atoms with van der Waals surface area (Å²) >= 11 is 7.49. The number of amides is 2. The molecule has 4 N–H and O–H groups in total. The first-order valence-corrected chi connectivity index (χ1v) is 10.2. The zero-order chi connectivity index (χ0) is 20.4. The molecule has 29 heavy (non-hydrogen) atoms. The Kier molecular flexibility index (Phi) is 5.33. The number of nitrogens with zero attached hydrogens (tertiary/aromatic N) is 2. The second kappa shape index (κ2) is 8.06. The Hall–Kier alpha value is -3.16. The number of hydrogen-bond donors (Lipinski definition) is 3. The Balaban J connectivity index is 1.56. The Morgan fingerprint density at radius 2 is 1.66 bits per heavy atom. The summed E-state index contributed by atoms with van der Waals surface area (Å²) in [6.45, 7) is 2.11. The van der Waals surface area contributed by atoms with Gasteiger partial charge in [-0.05, 0) is 48.4 Å². The van der Waals surface area contributed by atoms with E-state index in [0.717, 1.165) is 27.8 Å². The highest BCUT2D eigenvalue weighted by Crippen LogP contribution is 2.40. The van der Waals surface area contributed by atoms with E-state index in [9.17, 15) is 4.79 Å². The van der Waals surface area contributed by atoms with Gasteiger partial charge >= 0.3 is 6.03 Å².